The highest BCUT2D eigenvalue weighted by Crippen LogP contribution is 2.24. The molecule has 2 saturated heterocycles. The molecule has 0 spiro atoms. The molecule has 0 bridgehead atoms. The number of benzene rings is 1. The van der Waals surface area contributed by atoms with Crippen molar-refractivity contribution in [2.45, 2.75) is 12.5 Å². The molecule has 0 aliphatic carbocycles. The molecule has 0 radical (unpaired) electrons. The number of amides is 2. The van der Waals surface area contributed by atoms with Gasteiger partial charge in [-0.3, -0.25) is 14.5 Å². The van der Waals surface area contributed by atoms with Gasteiger partial charge in [0, 0.05) is 59.4 Å². The van der Waals surface area contributed by atoms with Gasteiger partial charge < -0.3 is 19.9 Å². The molecule has 1 unspecified atom stereocenters. The first-order valence-corrected chi connectivity index (χ1v) is 9.22. The molecule has 1 aromatic rings. The molecule has 2 fully saturated rings. The Hall–Kier alpha value is -1.83. The van der Waals surface area contributed by atoms with Crippen molar-refractivity contribution in [1.29, 1.82) is 0 Å². The molecule has 0 aromatic heterocycles. The Morgan fingerprint density at radius 1 is 1.19 bits per heavy atom. The second kappa shape index (κ2) is 9.92. The first kappa shape index (κ1) is 21.5. The number of likely N-dealkylation sites (tertiary alicyclic amines) is 1. The molecule has 1 aromatic carbocycles. The van der Waals surface area contributed by atoms with Crippen LogP contribution < -0.4 is 10.1 Å². The molecule has 3 rings (SSSR count). The van der Waals surface area contributed by atoms with Gasteiger partial charge in [-0.1, -0.05) is 12.1 Å². The van der Waals surface area contributed by atoms with E-state index >= 15 is 0 Å². The molecular formula is C19H29ClN4O3. The Balaban J connectivity index is 0.00000261. The minimum absolute atomic E-state index is 0. The highest BCUT2D eigenvalue weighted by atomic mass is 35.5. The van der Waals surface area contributed by atoms with E-state index in [0.717, 1.165) is 45.7 Å². The summed E-state index contributed by atoms with van der Waals surface area (Å²) in [6, 6.07) is 7.61. The predicted octanol–water partition coefficient (Wildman–Crippen LogP) is 0.695. The van der Waals surface area contributed by atoms with Gasteiger partial charge in [0.2, 0.25) is 0 Å². The number of rotatable bonds is 5. The number of halogens is 1. The zero-order valence-electron chi connectivity index (χ0n) is 16.0. The van der Waals surface area contributed by atoms with Crippen molar-refractivity contribution in [3.8, 4) is 5.75 Å². The van der Waals surface area contributed by atoms with Crippen LogP contribution in [-0.2, 0) is 4.79 Å². The van der Waals surface area contributed by atoms with Crippen LogP contribution in [0.2, 0.25) is 0 Å². The molecule has 7 nitrogen and oxygen atoms in total. The fourth-order valence-corrected chi connectivity index (χ4v) is 3.48. The number of hydrogen-bond acceptors (Lipinski definition) is 5. The van der Waals surface area contributed by atoms with Crippen LogP contribution in [-0.4, -0.2) is 92.5 Å². The van der Waals surface area contributed by atoms with Crippen LogP contribution in [0.3, 0.4) is 0 Å². The van der Waals surface area contributed by atoms with Gasteiger partial charge in [0.1, 0.15) is 5.75 Å². The minimum atomic E-state index is -0.132. The third-order valence-electron chi connectivity index (χ3n) is 5.09. The number of nitrogens with one attached hydrogen (secondary N) is 1. The molecule has 0 saturated carbocycles. The highest BCUT2D eigenvalue weighted by molar-refractivity contribution is 5.97. The first-order chi connectivity index (χ1) is 12.6. The minimum Gasteiger partial charge on any atom is -0.483 e. The molecule has 27 heavy (non-hydrogen) atoms. The van der Waals surface area contributed by atoms with Crippen LogP contribution in [0.5, 0.6) is 5.75 Å². The number of carbonyl (C=O) groups excluding carboxylic acids is 2. The standard InChI is InChI=1S/C19H28N4O3.ClH/c1-21(2)18(24)14-26-17-6-4-3-5-16(17)19(25)23-10-7-15(13-23)22-11-8-20-9-12-22;/h3-6,15,20H,7-14H2,1-2H3;1H. The van der Waals surface area contributed by atoms with Crippen molar-refractivity contribution in [1.82, 2.24) is 20.0 Å². The first-order valence-electron chi connectivity index (χ1n) is 9.22. The van der Waals surface area contributed by atoms with E-state index in [1.165, 1.54) is 4.90 Å². The second-order valence-corrected chi connectivity index (χ2v) is 7.05. The molecule has 150 valence electrons. The largest absolute Gasteiger partial charge is 0.483 e. The van der Waals surface area contributed by atoms with Crippen LogP contribution in [0.4, 0.5) is 0 Å². The number of piperazine rings is 1. The number of likely N-dealkylation sites (N-methyl/N-ethyl adjacent to an activating group) is 1. The monoisotopic (exact) mass is 396 g/mol. The zero-order valence-corrected chi connectivity index (χ0v) is 16.8. The third-order valence-corrected chi connectivity index (χ3v) is 5.09. The maximum atomic E-state index is 13.0. The summed E-state index contributed by atoms with van der Waals surface area (Å²) in [5, 5.41) is 3.37. The predicted molar refractivity (Wildman–Crippen MR) is 107 cm³/mol. The summed E-state index contributed by atoms with van der Waals surface area (Å²) in [7, 11) is 3.37. The van der Waals surface area contributed by atoms with Gasteiger partial charge >= 0.3 is 0 Å². The number of hydrogen-bond donors (Lipinski definition) is 1. The van der Waals surface area contributed by atoms with Crippen molar-refractivity contribution in [3.05, 3.63) is 29.8 Å². The lowest BCUT2D eigenvalue weighted by molar-refractivity contribution is -0.130. The van der Waals surface area contributed by atoms with E-state index in [1.54, 1.807) is 26.2 Å². The Bertz CT molecular complexity index is 650. The quantitative estimate of drug-likeness (QED) is 0.793. The van der Waals surface area contributed by atoms with Crippen molar-refractivity contribution in [2.24, 2.45) is 0 Å². The summed E-state index contributed by atoms with van der Waals surface area (Å²) < 4.78 is 5.63. The molecule has 2 heterocycles. The molecule has 2 aliphatic heterocycles. The van der Waals surface area contributed by atoms with E-state index in [-0.39, 0.29) is 30.8 Å². The molecule has 2 aliphatic rings. The van der Waals surface area contributed by atoms with Gasteiger partial charge in [0.25, 0.3) is 11.8 Å². The summed E-state index contributed by atoms with van der Waals surface area (Å²) in [6.45, 7) is 5.56. The summed E-state index contributed by atoms with van der Waals surface area (Å²) in [6.07, 6.45) is 1.01. The van der Waals surface area contributed by atoms with Crippen molar-refractivity contribution >= 4 is 24.2 Å². The molecule has 8 heteroatoms. The van der Waals surface area contributed by atoms with Gasteiger partial charge in [-0.25, -0.2) is 0 Å². The summed E-state index contributed by atoms with van der Waals surface area (Å²) in [4.78, 5) is 30.6. The number of para-hydroxylation sites is 1. The Morgan fingerprint density at radius 2 is 1.89 bits per heavy atom. The topological polar surface area (TPSA) is 65.1 Å². The number of ether oxygens (including phenoxy) is 1. The smallest absolute Gasteiger partial charge is 0.259 e. The summed E-state index contributed by atoms with van der Waals surface area (Å²) >= 11 is 0. The maximum absolute atomic E-state index is 13.0. The van der Waals surface area contributed by atoms with Crippen LogP contribution in [0.1, 0.15) is 16.8 Å². The van der Waals surface area contributed by atoms with Gasteiger partial charge in [0.15, 0.2) is 6.61 Å². The van der Waals surface area contributed by atoms with Crippen molar-refractivity contribution in [2.75, 3.05) is 60.0 Å². The average Bonchev–Trinajstić information content (AvgIpc) is 3.16. The third kappa shape index (κ3) is 5.34. The van der Waals surface area contributed by atoms with E-state index in [2.05, 4.69) is 10.2 Å². The second-order valence-electron chi connectivity index (χ2n) is 7.05. The van der Waals surface area contributed by atoms with Gasteiger partial charge in [0.05, 0.1) is 5.56 Å². The van der Waals surface area contributed by atoms with Crippen LogP contribution in [0.15, 0.2) is 24.3 Å². The van der Waals surface area contributed by atoms with Crippen LogP contribution in [0.25, 0.3) is 0 Å². The van der Waals surface area contributed by atoms with Crippen LogP contribution >= 0.6 is 12.4 Å². The number of nitrogens with zero attached hydrogens (tertiary/aromatic N) is 3. The average molecular weight is 397 g/mol. The van der Waals surface area contributed by atoms with Crippen LogP contribution in [0, 0.1) is 0 Å². The Kier molecular flexibility index (Phi) is 7.89. The van der Waals surface area contributed by atoms with Gasteiger partial charge in [-0.05, 0) is 18.6 Å². The SMILES string of the molecule is CN(C)C(=O)COc1ccccc1C(=O)N1CCC(N2CCNCC2)C1.Cl. The molecule has 1 atom stereocenters. The lowest BCUT2D eigenvalue weighted by atomic mass is 10.1. The normalized spacial score (nSPS) is 20.1. The maximum Gasteiger partial charge on any atom is 0.259 e. The Labute approximate surface area is 167 Å². The summed E-state index contributed by atoms with van der Waals surface area (Å²) in [5.41, 5.74) is 0.528. The van der Waals surface area contributed by atoms with E-state index < -0.39 is 0 Å². The lowest BCUT2D eigenvalue weighted by Crippen LogP contribution is -2.49. The molecule has 2 amide bonds. The molecular weight excluding hydrogens is 368 g/mol. The highest BCUT2D eigenvalue weighted by Gasteiger charge is 2.32. The van der Waals surface area contributed by atoms with Gasteiger partial charge in [-0.2, -0.15) is 0 Å². The van der Waals surface area contributed by atoms with Crippen molar-refractivity contribution in [3.63, 3.8) is 0 Å². The molecule has 1 N–H and O–H groups in total. The van der Waals surface area contributed by atoms with E-state index in [4.69, 9.17) is 4.74 Å². The van der Waals surface area contributed by atoms with E-state index in [9.17, 15) is 9.59 Å². The van der Waals surface area contributed by atoms with Gasteiger partial charge in [-0.15, -0.1) is 12.4 Å². The van der Waals surface area contributed by atoms with Crippen molar-refractivity contribution < 1.29 is 14.3 Å². The number of carbonyl (C=O) groups is 2. The summed E-state index contributed by atoms with van der Waals surface area (Å²) in [5.74, 6) is 0.320. The fourth-order valence-electron chi connectivity index (χ4n) is 3.48. The lowest BCUT2D eigenvalue weighted by Gasteiger charge is -2.32. The Morgan fingerprint density at radius 3 is 2.59 bits per heavy atom. The fraction of sp³-hybridized carbons (Fsp3) is 0.579. The zero-order chi connectivity index (χ0) is 18.5. The van der Waals surface area contributed by atoms with E-state index in [1.807, 2.05) is 17.0 Å². The van der Waals surface area contributed by atoms with E-state index in [0.29, 0.717) is 17.4 Å².